The Hall–Kier alpha value is -0.301. The Kier molecular flexibility index (Phi) is 3.06. The van der Waals surface area contributed by atoms with Crippen molar-refractivity contribution >= 4 is 19.4 Å². The summed E-state index contributed by atoms with van der Waals surface area (Å²) in [7, 11) is 2.34. The molecular formula is C14H19NSe. The predicted octanol–water partition coefficient (Wildman–Crippen LogP) is 2.06. The molecule has 0 aliphatic carbocycles. The number of fused-ring (bicyclic) bond motifs is 2. The maximum absolute atomic E-state index is 2.67. The van der Waals surface area contributed by atoms with E-state index in [4.69, 9.17) is 0 Å². The normalized spacial score (nSPS) is 34.2. The third-order valence-electron chi connectivity index (χ3n) is 4.14. The standard InChI is InChI=1S/C14H19NSe/c1-15-11-7-9-13(15)14(10-8-11)16-12-5-3-2-4-6-12/h2-6,11,13-14H,7-10H2,1H3/t11-,13+,14-/m0/s1. The van der Waals surface area contributed by atoms with E-state index in [1.165, 1.54) is 25.7 Å². The minimum atomic E-state index is 0.676. The van der Waals surface area contributed by atoms with Crippen molar-refractivity contribution in [2.75, 3.05) is 7.05 Å². The molecule has 86 valence electrons. The van der Waals surface area contributed by atoms with Gasteiger partial charge in [0, 0.05) is 0 Å². The Morgan fingerprint density at radius 1 is 1.06 bits per heavy atom. The summed E-state index contributed by atoms with van der Waals surface area (Å²) in [5.74, 6) is 0. The summed E-state index contributed by atoms with van der Waals surface area (Å²) in [5, 5.41) is 0. The van der Waals surface area contributed by atoms with Crippen LogP contribution in [-0.4, -0.2) is 39.0 Å². The van der Waals surface area contributed by atoms with Crippen LogP contribution >= 0.6 is 0 Å². The van der Waals surface area contributed by atoms with Gasteiger partial charge in [0.15, 0.2) is 0 Å². The molecule has 2 heteroatoms. The van der Waals surface area contributed by atoms with Crippen LogP contribution in [0.4, 0.5) is 0 Å². The van der Waals surface area contributed by atoms with E-state index in [9.17, 15) is 0 Å². The quantitative estimate of drug-likeness (QED) is 0.750. The van der Waals surface area contributed by atoms with E-state index < -0.39 is 0 Å². The fraction of sp³-hybridized carbons (Fsp3) is 0.571. The number of nitrogens with zero attached hydrogens (tertiary/aromatic N) is 1. The average molecular weight is 280 g/mol. The molecule has 0 N–H and O–H groups in total. The second kappa shape index (κ2) is 4.52. The molecule has 2 saturated heterocycles. The van der Waals surface area contributed by atoms with E-state index in [2.05, 4.69) is 42.3 Å². The van der Waals surface area contributed by atoms with Crippen molar-refractivity contribution < 1.29 is 0 Å². The first kappa shape index (κ1) is 10.8. The second-order valence-corrected chi connectivity index (χ2v) is 7.76. The van der Waals surface area contributed by atoms with Gasteiger partial charge in [-0.1, -0.05) is 0 Å². The summed E-state index contributed by atoms with van der Waals surface area (Å²) >= 11 is 0.676. The Balaban J connectivity index is 1.72. The van der Waals surface area contributed by atoms with Crippen molar-refractivity contribution in [3.63, 3.8) is 0 Å². The summed E-state index contributed by atoms with van der Waals surface area (Å²) in [5.41, 5.74) is 0. The van der Waals surface area contributed by atoms with E-state index in [-0.39, 0.29) is 0 Å². The first-order valence-corrected chi connectivity index (χ1v) is 8.13. The monoisotopic (exact) mass is 281 g/mol. The third-order valence-corrected chi connectivity index (χ3v) is 7.07. The molecule has 2 fully saturated rings. The Morgan fingerprint density at radius 3 is 2.62 bits per heavy atom. The van der Waals surface area contributed by atoms with Crippen LogP contribution in [0.2, 0.25) is 4.82 Å². The van der Waals surface area contributed by atoms with E-state index in [1.807, 2.05) is 0 Å². The van der Waals surface area contributed by atoms with Gasteiger partial charge in [-0.2, -0.15) is 0 Å². The number of benzene rings is 1. The van der Waals surface area contributed by atoms with Crippen molar-refractivity contribution in [2.45, 2.75) is 42.6 Å². The van der Waals surface area contributed by atoms with Crippen molar-refractivity contribution in [1.29, 1.82) is 0 Å². The van der Waals surface area contributed by atoms with Crippen LogP contribution in [0, 0.1) is 0 Å². The van der Waals surface area contributed by atoms with Gasteiger partial charge < -0.3 is 0 Å². The van der Waals surface area contributed by atoms with Gasteiger partial charge in [-0.3, -0.25) is 0 Å². The van der Waals surface area contributed by atoms with Crippen molar-refractivity contribution in [3.05, 3.63) is 30.3 Å². The molecule has 0 aromatic heterocycles. The molecule has 1 aromatic carbocycles. The fourth-order valence-electron chi connectivity index (χ4n) is 3.20. The zero-order valence-corrected chi connectivity index (χ0v) is 11.5. The molecule has 16 heavy (non-hydrogen) atoms. The van der Waals surface area contributed by atoms with Gasteiger partial charge in [-0.05, 0) is 0 Å². The summed E-state index contributed by atoms with van der Waals surface area (Å²) in [4.78, 5) is 3.62. The van der Waals surface area contributed by atoms with Gasteiger partial charge >= 0.3 is 104 Å². The minimum absolute atomic E-state index is 0.676. The summed E-state index contributed by atoms with van der Waals surface area (Å²) in [6, 6.07) is 12.9. The fourth-order valence-corrected chi connectivity index (χ4v) is 6.14. The van der Waals surface area contributed by atoms with Crippen molar-refractivity contribution in [2.24, 2.45) is 0 Å². The van der Waals surface area contributed by atoms with Crippen molar-refractivity contribution in [1.82, 2.24) is 4.90 Å². The predicted molar refractivity (Wildman–Crippen MR) is 69.4 cm³/mol. The first-order chi connectivity index (χ1) is 7.84. The Morgan fingerprint density at radius 2 is 1.81 bits per heavy atom. The van der Waals surface area contributed by atoms with E-state index in [1.54, 1.807) is 4.46 Å². The first-order valence-electron chi connectivity index (χ1n) is 6.28. The van der Waals surface area contributed by atoms with Crippen LogP contribution in [0.25, 0.3) is 0 Å². The Bertz CT molecular complexity index is 351. The molecule has 1 aromatic rings. The van der Waals surface area contributed by atoms with E-state index in [0.29, 0.717) is 15.0 Å². The van der Waals surface area contributed by atoms with E-state index in [0.717, 1.165) is 16.9 Å². The van der Waals surface area contributed by atoms with Crippen LogP contribution in [0.5, 0.6) is 0 Å². The molecule has 2 aliphatic rings. The van der Waals surface area contributed by atoms with Crippen LogP contribution in [-0.2, 0) is 0 Å². The molecule has 0 unspecified atom stereocenters. The molecule has 0 spiro atoms. The summed E-state index contributed by atoms with van der Waals surface area (Å²) in [6.07, 6.45) is 5.80. The maximum atomic E-state index is 2.67. The van der Waals surface area contributed by atoms with Crippen LogP contribution < -0.4 is 4.46 Å². The van der Waals surface area contributed by atoms with E-state index >= 15 is 0 Å². The van der Waals surface area contributed by atoms with Crippen LogP contribution in [0.1, 0.15) is 25.7 Å². The molecule has 2 bridgehead atoms. The van der Waals surface area contributed by atoms with Gasteiger partial charge in [0.1, 0.15) is 0 Å². The molecule has 0 saturated carbocycles. The van der Waals surface area contributed by atoms with Gasteiger partial charge in [0.05, 0.1) is 0 Å². The van der Waals surface area contributed by atoms with Gasteiger partial charge in [0.25, 0.3) is 0 Å². The molecule has 2 aliphatic heterocycles. The van der Waals surface area contributed by atoms with Crippen molar-refractivity contribution in [3.8, 4) is 0 Å². The number of piperidine rings is 1. The zero-order chi connectivity index (χ0) is 11.0. The van der Waals surface area contributed by atoms with Gasteiger partial charge in [-0.25, -0.2) is 0 Å². The zero-order valence-electron chi connectivity index (χ0n) is 9.80. The third kappa shape index (κ3) is 1.95. The van der Waals surface area contributed by atoms with Crippen LogP contribution in [0.15, 0.2) is 30.3 Å². The molecule has 0 radical (unpaired) electrons. The molecule has 2 heterocycles. The molecule has 1 nitrogen and oxygen atoms in total. The van der Waals surface area contributed by atoms with Gasteiger partial charge in [-0.15, -0.1) is 0 Å². The summed E-state index contributed by atoms with van der Waals surface area (Å²) in [6.45, 7) is 0. The average Bonchev–Trinajstić information content (AvgIpc) is 2.55. The number of hydrogen-bond donors (Lipinski definition) is 0. The molecular weight excluding hydrogens is 261 g/mol. The topological polar surface area (TPSA) is 3.24 Å². The Labute approximate surface area is 104 Å². The van der Waals surface area contributed by atoms with Gasteiger partial charge in [0.2, 0.25) is 0 Å². The summed E-state index contributed by atoms with van der Waals surface area (Å²) < 4.78 is 1.58. The molecule has 3 atom stereocenters. The second-order valence-electron chi connectivity index (χ2n) is 5.01. The van der Waals surface area contributed by atoms with Crippen LogP contribution in [0.3, 0.4) is 0 Å². The number of rotatable bonds is 2. The molecule has 0 amide bonds. The number of hydrogen-bond acceptors (Lipinski definition) is 1. The molecule has 3 rings (SSSR count). The SMILES string of the molecule is CN1[C@@H]2CC[C@H]([Se]c3ccccc3)[C@H]1CC2.